The Balaban J connectivity index is 1.79. The summed E-state index contributed by atoms with van der Waals surface area (Å²) in [5.41, 5.74) is 0.955. The van der Waals surface area contributed by atoms with E-state index < -0.39 is 6.10 Å². The van der Waals surface area contributed by atoms with Gasteiger partial charge in [0.15, 0.2) is 0 Å². The molecule has 178 valence electrons. The molecule has 1 aromatic carbocycles. The van der Waals surface area contributed by atoms with Gasteiger partial charge in [0.1, 0.15) is 17.4 Å². The zero-order valence-corrected chi connectivity index (χ0v) is 20.7. The molecule has 3 amide bonds. The number of benzene rings is 1. The molecule has 0 bridgehead atoms. The van der Waals surface area contributed by atoms with Crippen LogP contribution in [0.2, 0.25) is 0 Å². The fourth-order valence-corrected chi connectivity index (χ4v) is 3.87. The fraction of sp³-hybridized carbons (Fsp3) is 0.435. The van der Waals surface area contributed by atoms with Crippen molar-refractivity contribution < 1.29 is 24.2 Å². The number of halogens is 1. The van der Waals surface area contributed by atoms with Gasteiger partial charge in [-0.25, -0.2) is 9.78 Å². The van der Waals surface area contributed by atoms with Crippen molar-refractivity contribution in [2.45, 2.75) is 26.0 Å². The number of hydrogen-bond acceptors (Lipinski definition) is 6. The molecule has 0 saturated heterocycles. The molecule has 0 saturated carbocycles. The largest absolute Gasteiger partial charge is 0.497 e. The van der Waals surface area contributed by atoms with E-state index in [-0.39, 0.29) is 42.9 Å². The molecular formula is C23H29BrN4O5. The second-order valence-corrected chi connectivity index (χ2v) is 9.08. The van der Waals surface area contributed by atoms with Gasteiger partial charge in [-0.15, -0.1) is 0 Å². The second-order valence-electron chi connectivity index (χ2n) is 8.17. The van der Waals surface area contributed by atoms with Crippen LogP contribution in [0.3, 0.4) is 0 Å². The van der Waals surface area contributed by atoms with Gasteiger partial charge in [0.2, 0.25) is 5.88 Å². The van der Waals surface area contributed by atoms with Crippen molar-refractivity contribution in [3.05, 3.63) is 46.6 Å². The van der Waals surface area contributed by atoms with Crippen LogP contribution < -0.4 is 14.8 Å². The summed E-state index contributed by atoms with van der Waals surface area (Å²) in [7, 11) is 3.27. The molecule has 3 rings (SSSR count). The molecule has 3 atom stereocenters. The number of carbonyl (C=O) groups excluding carboxylic acids is 2. The first-order valence-electron chi connectivity index (χ1n) is 10.6. The molecular weight excluding hydrogens is 492 g/mol. The third-order valence-electron chi connectivity index (χ3n) is 5.63. The minimum Gasteiger partial charge on any atom is -0.497 e. The van der Waals surface area contributed by atoms with Crippen molar-refractivity contribution in [1.82, 2.24) is 14.8 Å². The topological polar surface area (TPSA) is 104 Å². The van der Waals surface area contributed by atoms with Crippen LogP contribution >= 0.6 is 15.9 Å². The Morgan fingerprint density at radius 1 is 1.42 bits per heavy atom. The number of pyridine rings is 1. The SMILES string of the molecule is COc1ccc(NC(=O)N(C)C[C@@H]2Oc3ncc(Br)cc3C(=O)N([C@H](C)CO)C[C@@H]2C)cc1. The van der Waals surface area contributed by atoms with Crippen molar-refractivity contribution in [3.8, 4) is 11.6 Å². The van der Waals surface area contributed by atoms with Crippen LogP contribution in [-0.4, -0.2) is 77.8 Å². The lowest BCUT2D eigenvalue weighted by Crippen LogP contribution is -2.50. The van der Waals surface area contributed by atoms with Gasteiger partial charge in [-0.05, 0) is 53.2 Å². The molecule has 0 radical (unpaired) electrons. The number of anilines is 1. The van der Waals surface area contributed by atoms with Crippen molar-refractivity contribution >= 4 is 33.6 Å². The van der Waals surface area contributed by atoms with Crippen LogP contribution in [0, 0.1) is 5.92 Å². The lowest BCUT2D eigenvalue weighted by molar-refractivity contribution is 0.0356. The molecule has 9 nitrogen and oxygen atoms in total. The van der Waals surface area contributed by atoms with Crippen molar-refractivity contribution in [2.24, 2.45) is 5.92 Å². The molecule has 33 heavy (non-hydrogen) atoms. The van der Waals surface area contributed by atoms with Crippen LogP contribution in [0.4, 0.5) is 10.5 Å². The van der Waals surface area contributed by atoms with Gasteiger partial charge >= 0.3 is 6.03 Å². The summed E-state index contributed by atoms with van der Waals surface area (Å²) in [6.45, 7) is 4.22. The third kappa shape index (κ3) is 5.94. The summed E-state index contributed by atoms with van der Waals surface area (Å²) in [5, 5.41) is 12.5. The predicted octanol–water partition coefficient (Wildman–Crippen LogP) is 3.24. The first-order chi connectivity index (χ1) is 15.7. The monoisotopic (exact) mass is 520 g/mol. The minimum absolute atomic E-state index is 0.127. The predicted molar refractivity (Wildman–Crippen MR) is 128 cm³/mol. The van der Waals surface area contributed by atoms with Crippen LogP contribution in [0.15, 0.2) is 41.0 Å². The van der Waals surface area contributed by atoms with Gasteiger partial charge in [0.25, 0.3) is 5.91 Å². The molecule has 1 aliphatic heterocycles. The fourth-order valence-electron chi connectivity index (χ4n) is 3.54. The van der Waals surface area contributed by atoms with Gasteiger partial charge < -0.3 is 29.7 Å². The van der Waals surface area contributed by atoms with Crippen LogP contribution in [0.5, 0.6) is 11.6 Å². The molecule has 10 heteroatoms. The van der Waals surface area contributed by atoms with Crippen molar-refractivity contribution in [1.29, 1.82) is 0 Å². The lowest BCUT2D eigenvalue weighted by atomic mass is 10.0. The number of nitrogens with zero attached hydrogens (tertiary/aromatic N) is 3. The molecule has 0 fully saturated rings. The number of aromatic nitrogens is 1. The number of aliphatic hydroxyl groups is 1. The quantitative estimate of drug-likeness (QED) is 0.605. The van der Waals surface area contributed by atoms with E-state index in [0.717, 1.165) is 0 Å². The molecule has 2 N–H and O–H groups in total. The number of methoxy groups -OCH3 is 1. The minimum atomic E-state index is -0.425. The average molecular weight is 521 g/mol. The Morgan fingerprint density at radius 2 is 2.12 bits per heavy atom. The highest BCUT2D eigenvalue weighted by Crippen LogP contribution is 2.28. The van der Waals surface area contributed by atoms with E-state index in [0.29, 0.717) is 28.0 Å². The van der Waals surface area contributed by atoms with Gasteiger partial charge in [-0.1, -0.05) is 6.92 Å². The standard InChI is InChI=1S/C23H29BrN4O5/c1-14-11-28(15(2)13-29)22(30)19-9-16(24)10-25-21(19)33-20(14)12-27(3)23(31)26-17-5-7-18(32-4)8-6-17/h5-10,14-15,20,29H,11-13H2,1-4H3,(H,26,31)/t14-,15+,20-/m0/s1. The van der Waals surface area contributed by atoms with Crippen molar-refractivity contribution in [3.63, 3.8) is 0 Å². The van der Waals surface area contributed by atoms with E-state index in [4.69, 9.17) is 9.47 Å². The molecule has 0 aliphatic carbocycles. The van der Waals surface area contributed by atoms with Crippen LogP contribution in [0.1, 0.15) is 24.2 Å². The van der Waals surface area contributed by atoms with Crippen LogP contribution in [-0.2, 0) is 0 Å². The summed E-state index contributed by atoms with van der Waals surface area (Å²) in [6.07, 6.45) is 1.14. The summed E-state index contributed by atoms with van der Waals surface area (Å²) in [5.74, 6) is 0.528. The summed E-state index contributed by atoms with van der Waals surface area (Å²) in [4.78, 5) is 33.4. The zero-order valence-electron chi connectivity index (χ0n) is 19.1. The molecule has 1 aliphatic rings. The highest BCUT2D eigenvalue weighted by molar-refractivity contribution is 9.10. The summed E-state index contributed by atoms with van der Waals surface area (Å²) in [6, 6.07) is 8.05. The second kappa shape index (κ2) is 10.8. The maximum atomic E-state index is 13.2. The number of fused-ring (bicyclic) bond motifs is 1. The van der Waals surface area contributed by atoms with Crippen molar-refractivity contribution in [2.75, 3.05) is 39.2 Å². The normalized spacial score (nSPS) is 19.0. The van der Waals surface area contributed by atoms with E-state index in [1.165, 1.54) is 4.90 Å². The number of hydrogen-bond donors (Lipinski definition) is 2. The average Bonchev–Trinajstić information content (AvgIpc) is 2.81. The maximum absolute atomic E-state index is 13.2. The number of likely N-dealkylation sites (N-methyl/N-ethyl adjacent to an activating group) is 1. The first kappa shape index (κ1) is 24.8. The number of ether oxygens (including phenoxy) is 2. The Kier molecular flexibility index (Phi) is 8.15. The summed E-state index contributed by atoms with van der Waals surface area (Å²) < 4.78 is 11.9. The number of urea groups is 1. The molecule has 0 unspecified atom stereocenters. The van der Waals surface area contributed by atoms with Gasteiger partial charge in [-0.2, -0.15) is 0 Å². The molecule has 1 aromatic heterocycles. The Hall–Kier alpha value is -2.85. The lowest BCUT2D eigenvalue weighted by Gasteiger charge is -2.37. The Labute approximate surface area is 201 Å². The highest BCUT2D eigenvalue weighted by Gasteiger charge is 2.34. The molecule has 2 aromatic rings. The highest BCUT2D eigenvalue weighted by atomic mass is 79.9. The van der Waals surface area contributed by atoms with Gasteiger partial charge in [-0.3, -0.25) is 4.79 Å². The zero-order chi connectivity index (χ0) is 24.1. The number of rotatable bonds is 6. The van der Waals surface area contributed by atoms with E-state index >= 15 is 0 Å². The Morgan fingerprint density at radius 3 is 2.76 bits per heavy atom. The van der Waals surface area contributed by atoms with E-state index in [1.54, 1.807) is 62.5 Å². The van der Waals surface area contributed by atoms with E-state index in [2.05, 4.69) is 26.2 Å². The van der Waals surface area contributed by atoms with Gasteiger partial charge in [0, 0.05) is 35.9 Å². The summed E-state index contributed by atoms with van der Waals surface area (Å²) >= 11 is 3.36. The van der Waals surface area contributed by atoms with E-state index in [9.17, 15) is 14.7 Å². The molecule has 0 spiro atoms. The Bertz CT molecular complexity index is 987. The van der Waals surface area contributed by atoms with Crippen LogP contribution in [0.25, 0.3) is 0 Å². The number of aliphatic hydroxyl groups excluding tert-OH is 1. The van der Waals surface area contributed by atoms with E-state index in [1.807, 2.05) is 6.92 Å². The number of carbonyl (C=O) groups is 2. The maximum Gasteiger partial charge on any atom is 0.321 e. The first-order valence-corrected chi connectivity index (χ1v) is 11.4. The smallest absolute Gasteiger partial charge is 0.321 e. The van der Waals surface area contributed by atoms with Gasteiger partial charge in [0.05, 0.1) is 26.3 Å². The third-order valence-corrected chi connectivity index (χ3v) is 6.06. The number of amides is 3. The molecule has 2 heterocycles. The number of nitrogens with one attached hydrogen (secondary N) is 1.